The number of aliphatic carboxylic acids is 1. The van der Waals surface area contributed by atoms with E-state index in [2.05, 4.69) is 5.10 Å². The molecular formula is C17H19N3O3. The fourth-order valence-corrected chi connectivity index (χ4v) is 2.56. The third-order valence-corrected chi connectivity index (χ3v) is 3.90. The number of hydrogen-bond donors (Lipinski definition) is 1. The summed E-state index contributed by atoms with van der Waals surface area (Å²) in [6.45, 7) is -0.202. The fraction of sp³-hybridized carbons (Fsp3) is 0.353. The molecule has 1 aliphatic rings. The summed E-state index contributed by atoms with van der Waals surface area (Å²) >= 11 is 0. The van der Waals surface area contributed by atoms with Crippen molar-refractivity contribution >= 4 is 11.9 Å². The van der Waals surface area contributed by atoms with E-state index in [0.717, 1.165) is 24.1 Å². The van der Waals surface area contributed by atoms with Crippen molar-refractivity contribution in [1.82, 2.24) is 14.7 Å². The number of carbonyl (C=O) groups is 2. The van der Waals surface area contributed by atoms with Crippen LogP contribution in [0.4, 0.5) is 0 Å². The number of carbonyl (C=O) groups excluding carboxylic acids is 1. The number of aryl methyl sites for hydroxylation is 1. The Balaban J connectivity index is 1.58. The summed E-state index contributed by atoms with van der Waals surface area (Å²) in [7, 11) is 0. The number of carboxylic acids is 1. The smallest absolute Gasteiger partial charge is 0.323 e. The molecule has 6 heteroatoms. The molecule has 0 bridgehead atoms. The second-order valence-corrected chi connectivity index (χ2v) is 5.78. The van der Waals surface area contributed by atoms with Crippen molar-refractivity contribution in [3.63, 3.8) is 0 Å². The SMILES string of the molecule is O=C(O)CN(C(=O)CCc1cnn(-c2ccccc2)c1)C1CC1. The molecule has 1 aliphatic carbocycles. The van der Waals surface area contributed by atoms with Gasteiger partial charge in [-0.3, -0.25) is 9.59 Å². The van der Waals surface area contributed by atoms with Crippen molar-refractivity contribution in [2.75, 3.05) is 6.54 Å². The molecule has 1 N–H and O–H groups in total. The Hall–Kier alpha value is -2.63. The van der Waals surface area contributed by atoms with Crippen LogP contribution >= 0.6 is 0 Å². The van der Waals surface area contributed by atoms with Crippen LogP contribution in [0.3, 0.4) is 0 Å². The average Bonchev–Trinajstić information content (AvgIpc) is 3.28. The van der Waals surface area contributed by atoms with Crippen LogP contribution in [0.1, 0.15) is 24.8 Å². The lowest BCUT2D eigenvalue weighted by molar-refractivity contribution is -0.144. The van der Waals surface area contributed by atoms with Crippen LogP contribution in [-0.2, 0) is 16.0 Å². The number of benzene rings is 1. The molecule has 0 saturated heterocycles. The lowest BCUT2D eigenvalue weighted by Gasteiger charge is -2.19. The van der Waals surface area contributed by atoms with E-state index in [-0.39, 0.29) is 18.5 Å². The second-order valence-electron chi connectivity index (χ2n) is 5.78. The van der Waals surface area contributed by atoms with Crippen LogP contribution in [-0.4, -0.2) is 44.3 Å². The lowest BCUT2D eigenvalue weighted by atomic mass is 10.2. The van der Waals surface area contributed by atoms with E-state index in [1.165, 1.54) is 4.90 Å². The van der Waals surface area contributed by atoms with E-state index in [4.69, 9.17) is 5.11 Å². The summed E-state index contributed by atoms with van der Waals surface area (Å²) in [5.41, 5.74) is 1.93. The standard InChI is InChI=1S/C17H19N3O3/c21-16(19(12-17(22)23)14-7-8-14)9-6-13-10-18-20(11-13)15-4-2-1-3-5-15/h1-5,10-11,14H,6-9,12H2,(H,22,23). The Morgan fingerprint density at radius 1 is 1.26 bits per heavy atom. The molecule has 2 aromatic rings. The summed E-state index contributed by atoms with van der Waals surface area (Å²) in [5, 5.41) is 13.2. The van der Waals surface area contributed by atoms with Gasteiger partial charge >= 0.3 is 5.97 Å². The van der Waals surface area contributed by atoms with Gasteiger partial charge in [-0.05, 0) is 37.0 Å². The third-order valence-electron chi connectivity index (χ3n) is 3.90. The summed E-state index contributed by atoms with van der Waals surface area (Å²) in [6, 6.07) is 9.87. The molecule has 120 valence electrons. The first-order valence-corrected chi connectivity index (χ1v) is 7.74. The van der Waals surface area contributed by atoms with Crippen LogP contribution in [0.2, 0.25) is 0 Å². The zero-order valence-electron chi connectivity index (χ0n) is 12.8. The molecule has 6 nitrogen and oxygen atoms in total. The molecule has 1 aromatic carbocycles. The highest BCUT2D eigenvalue weighted by Gasteiger charge is 2.33. The van der Waals surface area contributed by atoms with E-state index in [1.807, 2.05) is 36.5 Å². The molecule has 3 rings (SSSR count). The monoisotopic (exact) mass is 313 g/mol. The van der Waals surface area contributed by atoms with Crippen molar-refractivity contribution in [1.29, 1.82) is 0 Å². The molecule has 23 heavy (non-hydrogen) atoms. The molecule has 0 atom stereocenters. The van der Waals surface area contributed by atoms with Crippen LogP contribution in [0.25, 0.3) is 5.69 Å². The van der Waals surface area contributed by atoms with Gasteiger partial charge in [-0.1, -0.05) is 18.2 Å². The number of amides is 1. The highest BCUT2D eigenvalue weighted by Crippen LogP contribution is 2.27. The number of para-hydroxylation sites is 1. The largest absolute Gasteiger partial charge is 0.480 e. The third kappa shape index (κ3) is 3.97. The topological polar surface area (TPSA) is 75.4 Å². The van der Waals surface area contributed by atoms with Gasteiger partial charge in [-0.2, -0.15) is 5.10 Å². The van der Waals surface area contributed by atoms with Gasteiger partial charge in [-0.25, -0.2) is 4.68 Å². The van der Waals surface area contributed by atoms with Crippen molar-refractivity contribution in [3.8, 4) is 5.69 Å². The number of hydrogen-bond acceptors (Lipinski definition) is 3. The van der Waals surface area contributed by atoms with Gasteiger partial charge in [0, 0.05) is 18.7 Å². The summed E-state index contributed by atoms with van der Waals surface area (Å²) in [6.07, 6.45) is 6.34. The predicted octanol–water partition coefficient (Wildman–Crippen LogP) is 1.88. The minimum Gasteiger partial charge on any atom is -0.480 e. The van der Waals surface area contributed by atoms with Crippen LogP contribution in [0, 0.1) is 0 Å². The van der Waals surface area contributed by atoms with E-state index < -0.39 is 5.97 Å². The van der Waals surface area contributed by atoms with Gasteiger partial charge in [-0.15, -0.1) is 0 Å². The highest BCUT2D eigenvalue weighted by molar-refractivity contribution is 5.82. The van der Waals surface area contributed by atoms with E-state index >= 15 is 0 Å². The van der Waals surface area contributed by atoms with E-state index in [0.29, 0.717) is 12.8 Å². The van der Waals surface area contributed by atoms with Crippen LogP contribution in [0.5, 0.6) is 0 Å². The molecular weight excluding hydrogens is 294 g/mol. The van der Waals surface area contributed by atoms with Gasteiger partial charge in [0.1, 0.15) is 6.54 Å². The normalized spacial score (nSPS) is 13.7. The average molecular weight is 313 g/mol. The number of rotatable bonds is 7. The summed E-state index contributed by atoms with van der Waals surface area (Å²) in [5.74, 6) is -1.05. The number of carboxylic acid groups (broad SMARTS) is 1. The first-order valence-electron chi connectivity index (χ1n) is 7.74. The van der Waals surface area contributed by atoms with Crippen LogP contribution in [0.15, 0.2) is 42.7 Å². The maximum atomic E-state index is 12.2. The molecule has 1 aromatic heterocycles. The maximum absolute atomic E-state index is 12.2. The molecule has 0 spiro atoms. The van der Waals surface area contributed by atoms with Crippen molar-refractivity contribution in [2.45, 2.75) is 31.7 Å². The molecule has 1 saturated carbocycles. The highest BCUT2D eigenvalue weighted by atomic mass is 16.4. The molecule has 1 fully saturated rings. The Morgan fingerprint density at radius 2 is 2.00 bits per heavy atom. The first kappa shape index (κ1) is 15.3. The van der Waals surface area contributed by atoms with Crippen LogP contribution < -0.4 is 0 Å². The minimum absolute atomic E-state index is 0.0950. The van der Waals surface area contributed by atoms with Gasteiger partial charge in [0.05, 0.1) is 11.9 Å². The van der Waals surface area contributed by atoms with Gasteiger partial charge in [0.25, 0.3) is 0 Å². The zero-order valence-corrected chi connectivity index (χ0v) is 12.8. The Kier molecular flexibility index (Phi) is 4.41. The van der Waals surface area contributed by atoms with Crippen molar-refractivity contribution in [3.05, 3.63) is 48.3 Å². The van der Waals surface area contributed by atoms with E-state index in [9.17, 15) is 9.59 Å². The fourth-order valence-electron chi connectivity index (χ4n) is 2.56. The summed E-state index contributed by atoms with van der Waals surface area (Å²) < 4.78 is 1.77. The summed E-state index contributed by atoms with van der Waals surface area (Å²) in [4.78, 5) is 24.6. The minimum atomic E-state index is -0.956. The van der Waals surface area contributed by atoms with Gasteiger partial charge in [0.2, 0.25) is 5.91 Å². The van der Waals surface area contributed by atoms with Gasteiger partial charge in [0.15, 0.2) is 0 Å². The molecule has 0 radical (unpaired) electrons. The Bertz CT molecular complexity index is 692. The zero-order chi connectivity index (χ0) is 16.2. The first-order chi connectivity index (χ1) is 11.1. The predicted molar refractivity (Wildman–Crippen MR) is 84.3 cm³/mol. The van der Waals surface area contributed by atoms with Crippen molar-refractivity contribution in [2.24, 2.45) is 0 Å². The molecule has 0 unspecified atom stereocenters. The Morgan fingerprint density at radius 3 is 2.65 bits per heavy atom. The lowest BCUT2D eigenvalue weighted by Crippen LogP contribution is -2.37. The molecule has 0 aliphatic heterocycles. The Labute approximate surface area is 134 Å². The number of nitrogens with zero attached hydrogens (tertiary/aromatic N) is 3. The van der Waals surface area contributed by atoms with Gasteiger partial charge < -0.3 is 10.0 Å². The molecule has 1 heterocycles. The van der Waals surface area contributed by atoms with Crippen molar-refractivity contribution < 1.29 is 14.7 Å². The maximum Gasteiger partial charge on any atom is 0.323 e. The van der Waals surface area contributed by atoms with E-state index in [1.54, 1.807) is 10.9 Å². The quantitative estimate of drug-likeness (QED) is 0.847. The number of aromatic nitrogens is 2. The molecule has 1 amide bonds. The second kappa shape index (κ2) is 6.64.